The van der Waals surface area contributed by atoms with Gasteiger partial charge in [0.25, 0.3) is 0 Å². The van der Waals surface area contributed by atoms with Gasteiger partial charge in [-0.15, -0.1) is 0 Å². The summed E-state index contributed by atoms with van der Waals surface area (Å²) in [6, 6.07) is 7.30. The maximum atomic E-state index is 9.16. The Morgan fingerprint density at radius 3 is 2.31 bits per heavy atom. The molecule has 0 radical (unpaired) electrons. The van der Waals surface area contributed by atoms with Crippen LogP contribution < -0.4 is 0 Å². The summed E-state index contributed by atoms with van der Waals surface area (Å²) >= 11 is 0. The number of phenols is 1. The van der Waals surface area contributed by atoms with Crippen molar-refractivity contribution in [3.8, 4) is 5.75 Å². The predicted molar refractivity (Wildman–Crippen MR) is 70.4 cm³/mol. The van der Waals surface area contributed by atoms with E-state index in [0.717, 1.165) is 18.4 Å². The van der Waals surface area contributed by atoms with Gasteiger partial charge in [0.05, 0.1) is 0 Å². The zero-order chi connectivity index (χ0) is 12.0. The molecule has 0 fully saturated rings. The molecule has 1 heteroatoms. The Hall–Kier alpha value is -1.50. The van der Waals surface area contributed by atoms with E-state index in [1.165, 1.54) is 11.1 Å². The van der Waals surface area contributed by atoms with Gasteiger partial charge in [-0.25, -0.2) is 0 Å². The summed E-state index contributed by atoms with van der Waals surface area (Å²) < 4.78 is 0. The first-order valence-corrected chi connectivity index (χ1v) is 5.67. The van der Waals surface area contributed by atoms with E-state index in [4.69, 9.17) is 5.11 Å². The summed E-state index contributed by atoms with van der Waals surface area (Å²) in [5.74, 6) is 0.319. The Labute approximate surface area is 98.1 Å². The Morgan fingerprint density at radius 2 is 1.75 bits per heavy atom. The third-order valence-corrected chi connectivity index (χ3v) is 2.40. The first kappa shape index (κ1) is 12.6. The van der Waals surface area contributed by atoms with E-state index >= 15 is 0 Å². The summed E-state index contributed by atoms with van der Waals surface area (Å²) in [4.78, 5) is 0. The molecule has 0 unspecified atom stereocenters. The third kappa shape index (κ3) is 4.83. The standard InChI is InChI=1S/C15H20O/c1-12(2)5-4-6-13(3)11-14-7-9-15(16)10-8-14/h5,7-11,16H,4,6H2,1-3H3/b13-11+. The normalized spacial score (nSPS) is 11.3. The molecule has 0 aliphatic heterocycles. The number of aromatic hydroxyl groups is 1. The molecule has 1 nitrogen and oxygen atoms in total. The van der Waals surface area contributed by atoms with Crippen LogP contribution >= 0.6 is 0 Å². The van der Waals surface area contributed by atoms with Crippen molar-refractivity contribution >= 4 is 6.08 Å². The quantitative estimate of drug-likeness (QED) is 0.732. The summed E-state index contributed by atoms with van der Waals surface area (Å²) in [5.41, 5.74) is 3.88. The maximum Gasteiger partial charge on any atom is 0.115 e. The van der Waals surface area contributed by atoms with Gasteiger partial charge in [-0.3, -0.25) is 0 Å². The zero-order valence-corrected chi connectivity index (χ0v) is 10.3. The van der Waals surface area contributed by atoms with Crippen molar-refractivity contribution in [2.24, 2.45) is 0 Å². The van der Waals surface area contributed by atoms with E-state index < -0.39 is 0 Å². The minimum atomic E-state index is 0.319. The van der Waals surface area contributed by atoms with Crippen molar-refractivity contribution in [2.45, 2.75) is 33.6 Å². The molecule has 16 heavy (non-hydrogen) atoms. The molecule has 0 atom stereocenters. The van der Waals surface area contributed by atoms with Crippen LogP contribution in [0.2, 0.25) is 0 Å². The van der Waals surface area contributed by atoms with Crippen LogP contribution in [0.3, 0.4) is 0 Å². The summed E-state index contributed by atoms with van der Waals surface area (Å²) in [6.07, 6.45) is 6.61. The number of hydrogen-bond acceptors (Lipinski definition) is 1. The molecule has 0 aliphatic rings. The lowest BCUT2D eigenvalue weighted by atomic mass is 10.1. The van der Waals surface area contributed by atoms with Crippen LogP contribution in [-0.4, -0.2) is 5.11 Å². The van der Waals surface area contributed by atoms with Gasteiger partial charge in [0.2, 0.25) is 0 Å². The summed E-state index contributed by atoms with van der Waals surface area (Å²) in [7, 11) is 0. The Morgan fingerprint density at radius 1 is 1.12 bits per heavy atom. The van der Waals surface area contributed by atoms with Crippen LogP contribution in [0.5, 0.6) is 5.75 Å². The molecule has 0 amide bonds. The average Bonchev–Trinajstić information content (AvgIpc) is 2.21. The van der Waals surface area contributed by atoms with Crippen LogP contribution in [0.15, 0.2) is 41.5 Å². The third-order valence-electron chi connectivity index (χ3n) is 2.40. The highest BCUT2D eigenvalue weighted by atomic mass is 16.3. The van der Waals surface area contributed by atoms with Crippen LogP contribution in [0, 0.1) is 0 Å². The molecule has 1 N–H and O–H groups in total. The van der Waals surface area contributed by atoms with Crippen molar-refractivity contribution in [1.29, 1.82) is 0 Å². The second-order valence-corrected chi connectivity index (χ2v) is 4.40. The fourth-order valence-electron chi connectivity index (χ4n) is 1.52. The van der Waals surface area contributed by atoms with Gasteiger partial charge in [0.15, 0.2) is 0 Å². The summed E-state index contributed by atoms with van der Waals surface area (Å²) in [6.45, 7) is 6.39. The Bertz CT molecular complexity index is 378. The largest absolute Gasteiger partial charge is 0.508 e. The predicted octanol–water partition coefficient (Wildman–Crippen LogP) is 4.54. The van der Waals surface area contributed by atoms with Gasteiger partial charge < -0.3 is 5.11 Å². The van der Waals surface area contributed by atoms with Gasteiger partial charge in [-0.1, -0.05) is 35.4 Å². The van der Waals surface area contributed by atoms with Gasteiger partial charge in [0, 0.05) is 0 Å². The van der Waals surface area contributed by atoms with Crippen LogP contribution in [-0.2, 0) is 0 Å². The highest BCUT2D eigenvalue weighted by Gasteiger charge is 1.92. The number of benzene rings is 1. The van der Waals surface area contributed by atoms with E-state index in [1.807, 2.05) is 12.1 Å². The SMILES string of the molecule is CC(C)=CCC/C(C)=C/c1ccc(O)cc1. The number of hydrogen-bond donors (Lipinski definition) is 1. The molecule has 1 rings (SSSR count). The Kier molecular flexibility index (Phi) is 4.84. The lowest BCUT2D eigenvalue weighted by molar-refractivity contribution is 0.475. The highest BCUT2D eigenvalue weighted by Crippen LogP contribution is 2.15. The highest BCUT2D eigenvalue weighted by molar-refractivity contribution is 5.53. The van der Waals surface area contributed by atoms with E-state index in [1.54, 1.807) is 12.1 Å². The molecule has 0 saturated carbocycles. The average molecular weight is 216 g/mol. The zero-order valence-electron chi connectivity index (χ0n) is 10.3. The van der Waals surface area contributed by atoms with Crippen molar-refractivity contribution in [3.05, 3.63) is 47.1 Å². The lowest BCUT2D eigenvalue weighted by Gasteiger charge is -2.00. The minimum Gasteiger partial charge on any atom is -0.508 e. The van der Waals surface area contributed by atoms with Crippen molar-refractivity contribution < 1.29 is 5.11 Å². The molecule has 0 aliphatic carbocycles. The first-order valence-electron chi connectivity index (χ1n) is 5.67. The first-order chi connectivity index (χ1) is 7.58. The fourth-order valence-corrected chi connectivity index (χ4v) is 1.52. The Balaban J connectivity index is 2.56. The lowest BCUT2D eigenvalue weighted by Crippen LogP contribution is -1.78. The molecular formula is C15H20O. The molecule has 0 spiro atoms. The molecule has 0 aromatic heterocycles. The molecule has 0 saturated heterocycles. The fraction of sp³-hybridized carbons (Fsp3) is 0.333. The van der Waals surface area contributed by atoms with Crippen LogP contribution in [0.25, 0.3) is 6.08 Å². The maximum absolute atomic E-state index is 9.16. The van der Waals surface area contributed by atoms with E-state index in [2.05, 4.69) is 32.9 Å². The molecule has 0 heterocycles. The van der Waals surface area contributed by atoms with E-state index in [9.17, 15) is 0 Å². The van der Waals surface area contributed by atoms with Crippen molar-refractivity contribution in [2.75, 3.05) is 0 Å². The van der Waals surface area contributed by atoms with Gasteiger partial charge in [-0.2, -0.15) is 0 Å². The topological polar surface area (TPSA) is 20.2 Å². The monoisotopic (exact) mass is 216 g/mol. The number of rotatable bonds is 4. The smallest absolute Gasteiger partial charge is 0.115 e. The van der Waals surface area contributed by atoms with Crippen LogP contribution in [0.1, 0.15) is 39.2 Å². The molecule has 1 aromatic carbocycles. The van der Waals surface area contributed by atoms with Crippen LogP contribution in [0.4, 0.5) is 0 Å². The minimum absolute atomic E-state index is 0.319. The number of allylic oxidation sites excluding steroid dienone is 3. The van der Waals surface area contributed by atoms with E-state index in [0.29, 0.717) is 5.75 Å². The van der Waals surface area contributed by atoms with Crippen molar-refractivity contribution in [1.82, 2.24) is 0 Å². The van der Waals surface area contributed by atoms with Gasteiger partial charge >= 0.3 is 0 Å². The number of phenolic OH excluding ortho intramolecular Hbond substituents is 1. The second kappa shape index (κ2) is 6.16. The molecule has 86 valence electrons. The second-order valence-electron chi connectivity index (χ2n) is 4.40. The van der Waals surface area contributed by atoms with E-state index in [-0.39, 0.29) is 0 Å². The molecule has 0 bridgehead atoms. The van der Waals surface area contributed by atoms with Gasteiger partial charge in [-0.05, 0) is 51.3 Å². The molecule has 1 aromatic rings. The molecular weight excluding hydrogens is 196 g/mol. The van der Waals surface area contributed by atoms with Crippen molar-refractivity contribution in [3.63, 3.8) is 0 Å². The summed E-state index contributed by atoms with van der Waals surface area (Å²) in [5, 5.41) is 9.16. The van der Waals surface area contributed by atoms with Gasteiger partial charge in [0.1, 0.15) is 5.75 Å².